The first kappa shape index (κ1) is 6.40. The Balaban J connectivity index is 2.87. The Labute approximate surface area is 65.5 Å². The van der Waals surface area contributed by atoms with Gasteiger partial charge in [-0.2, -0.15) is 0 Å². The first-order valence-corrected chi connectivity index (χ1v) is 3.71. The van der Waals surface area contributed by atoms with Gasteiger partial charge in [0, 0.05) is 0 Å². The van der Waals surface area contributed by atoms with Crippen molar-refractivity contribution in [2.75, 3.05) is 0 Å². The fourth-order valence-corrected chi connectivity index (χ4v) is 1.29. The van der Waals surface area contributed by atoms with Crippen LogP contribution in [-0.2, 0) is 7.05 Å². The fourth-order valence-electron chi connectivity index (χ4n) is 1.29. The van der Waals surface area contributed by atoms with Gasteiger partial charge in [0.25, 0.3) is 0 Å². The molecule has 1 aromatic heterocycles. The number of benzene rings is 1. The SMILES string of the molecule is Cc1ccc2[nH]c[n+](C)c2c1. The van der Waals surface area contributed by atoms with Crippen molar-refractivity contribution in [2.45, 2.75) is 6.92 Å². The number of hydrogen-bond acceptors (Lipinski definition) is 0. The predicted octanol–water partition coefficient (Wildman–Crippen LogP) is 1.30. The van der Waals surface area contributed by atoms with Gasteiger partial charge < -0.3 is 0 Å². The number of aromatic nitrogens is 2. The molecule has 2 aromatic rings. The number of rotatable bonds is 0. The van der Waals surface area contributed by atoms with Crippen LogP contribution in [0.3, 0.4) is 0 Å². The van der Waals surface area contributed by atoms with Crippen LogP contribution < -0.4 is 4.57 Å². The molecule has 0 radical (unpaired) electrons. The van der Waals surface area contributed by atoms with E-state index in [2.05, 4.69) is 34.7 Å². The van der Waals surface area contributed by atoms with Crippen LogP contribution in [-0.4, -0.2) is 4.98 Å². The number of H-pyrrole nitrogens is 1. The summed E-state index contributed by atoms with van der Waals surface area (Å²) < 4.78 is 2.09. The molecule has 0 saturated heterocycles. The number of aromatic amines is 1. The molecule has 56 valence electrons. The van der Waals surface area contributed by atoms with E-state index in [1.165, 1.54) is 16.6 Å². The maximum absolute atomic E-state index is 3.18. The van der Waals surface area contributed by atoms with Crippen molar-refractivity contribution < 1.29 is 4.57 Å². The average Bonchev–Trinajstić information content (AvgIpc) is 2.33. The number of aryl methyl sites for hydroxylation is 2. The van der Waals surface area contributed by atoms with E-state index in [1.807, 2.05) is 13.4 Å². The molecule has 0 bridgehead atoms. The molecule has 0 aliphatic carbocycles. The molecule has 0 unspecified atom stereocenters. The van der Waals surface area contributed by atoms with Crippen LogP contribution in [0.25, 0.3) is 11.0 Å². The summed E-state index contributed by atoms with van der Waals surface area (Å²) in [5.41, 5.74) is 3.75. The summed E-state index contributed by atoms with van der Waals surface area (Å²) >= 11 is 0. The Morgan fingerprint density at radius 2 is 2.18 bits per heavy atom. The summed E-state index contributed by atoms with van der Waals surface area (Å²) in [7, 11) is 2.04. The van der Waals surface area contributed by atoms with Crippen molar-refractivity contribution >= 4 is 11.0 Å². The molecule has 0 spiro atoms. The number of imidazole rings is 1. The van der Waals surface area contributed by atoms with Crippen molar-refractivity contribution in [3.63, 3.8) is 0 Å². The van der Waals surface area contributed by atoms with Crippen molar-refractivity contribution in [2.24, 2.45) is 7.05 Å². The lowest BCUT2D eigenvalue weighted by molar-refractivity contribution is -0.644. The lowest BCUT2D eigenvalue weighted by atomic mass is 10.2. The van der Waals surface area contributed by atoms with E-state index in [1.54, 1.807) is 0 Å². The topological polar surface area (TPSA) is 19.7 Å². The molecular weight excluding hydrogens is 136 g/mol. The minimum atomic E-state index is 1.19. The smallest absolute Gasteiger partial charge is 0.242 e. The van der Waals surface area contributed by atoms with Gasteiger partial charge >= 0.3 is 0 Å². The first-order valence-electron chi connectivity index (χ1n) is 3.71. The molecule has 0 fully saturated rings. The number of hydrogen-bond donors (Lipinski definition) is 1. The second kappa shape index (κ2) is 2.09. The zero-order valence-electron chi connectivity index (χ0n) is 6.76. The predicted molar refractivity (Wildman–Crippen MR) is 44.2 cm³/mol. The Bertz CT molecular complexity index is 387. The van der Waals surface area contributed by atoms with Gasteiger partial charge in [-0.3, -0.25) is 0 Å². The quantitative estimate of drug-likeness (QED) is 0.542. The molecule has 0 saturated carbocycles. The molecule has 0 amide bonds. The second-order valence-corrected chi connectivity index (χ2v) is 2.90. The average molecular weight is 147 g/mol. The molecule has 11 heavy (non-hydrogen) atoms. The van der Waals surface area contributed by atoms with Crippen molar-refractivity contribution in [1.82, 2.24) is 4.98 Å². The summed E-state index contributed by atoms with van der Waals surface area (Å²) in [4.78, 5) is 3.18. The van der Waals surface area contributed by atoms with Gasteiger partial charge in [0.1, 0.15) is 0 Å². The van der Waals surface area contributed by atoms with Crippen LogP contribution in [0.5, 0.6) is 0 Å². The monoisotopic (exact) mass is 147 g/mol. The summed E-state index contributed by atoms with van der Waals surface area (Å²) in [5, 5.41) is 0. The Hall–Kier alpha value is -1.31. The van der Waals surface area contributed by atoms with Crippen LogP contribution in [0.1, 0.15) is 5.56 Å². The van der Waals surface area contributed by atoms with Crippen molar-refractivity contribution in [3.8, 4) is 0 Å². The zero-order chi connectivity index (χ0) is 7.84. The standard InChI is InChI=1S/C9H10N2/c1-7-3-4-8-9(5-7)11(2)6-10-8/h3-6H,1-2H3/p+1. The van der Waals surface area contributed by atoms with Crippen molar-refractivity contribution in [1.29, 1.82) is 0 Å². The molecule has 2 heteroatoms. The highest BCUT2D eigenvalue weighted by Gasteiger charge is 2.03. The minimum Gasteiger partial charge on any atom is -0.243 e. The van der Waals surface area contributed by atoms with E-state index in [-0.39, 0.29) is 0 Å². The highest BCUT2D eigenvalue weighted by atomic mass is 15.0. The van der Waals surface area contributed by atoms with E-state index in [0.29, 0.717) is 0 Å². The lowest BCUT2D eigenvalue weighted by Crippen LogP contribution is -2.24. The van der Waals surface area contributed by atoms with E-state index in [9.17, 15) is 0 Å². The Morgan fingerprint density at radius 1 is 1.36 bits per heavy atom. The third-order valence-electron chi connectivity index (χ3n) is 1.95. The molecule has 0 aliphatic rings. The maximum Gasteiger partial charge on any atom is 0.242 e. The summed E-state index contributed by atoms with van der Waals surface area (Å²) in [6, 6.07) is 6.38. The number of nitrogens with zero attached hydrogens (tertiary/aromatic N) is 1. The fraction of sp³-hybridized carbons (Fsp3) is 0.222. The number of nitrogens with one attached hydrogen (secondary N) is 1. The third-order valence-corrected chi connectivity index (χ3v) is 1.95. The van der Waals surface area contributed by atoms with Crippen LogP contribution in [0, 0.1) is 6.92 Å². The van der Waals surface area contributed by atoms with Crippen molar-refractivity contribution in [3.05, 3.63) is 30.1 Å². The Kier molecular flexibility index (Phi) is 1.22. The normalized spacial score (nSPS) is 10.7. The maximum atomic E-state index is 3.18. The Morgan fingerprint density at radius 3 is 3.00 bits per heavy atom. The summed E-state index contributed by atoms with van der Waals surface area (Å²) in [6.07, 6.45) is 1.96. The van der Waals surface area contributed by atoms with Gasteiger partial charge in [0.15, 0.2) is 11.0 Å². The van der Waals surface area contributed by atoms with Gasteiger partial charge in [-0.15, -0.1) is 0 Å². The van der Waals surface area contributed by atoms with Crippen LogP contribution in [0.15, 0.2) is 24.5 Å². The molecular formula is C9H11N2+. The lowest BCUT2D eigenvalue weighted by Gasteiger charge is -1.89. The van der Waals surface area contributed by atoms with Gasteiger partial charge in [-0.05, 0) is 24.6 Å². The van der Waals surface area contributed by atoms with E-state index in [0.717, 1.165) is 0 Å². The largest absolute Gasteiger partial charge is 0.243 e. The van der Waals surface area contributed by atoms with Crippen LogP contribution in [0.2, 0.25) is 0 Å². The molecule has 0 aliphatic heterocycles. The molecule has 1 N–H and O–H groups in total. The molecule has 2 nitrogen and oxygen atoms in total. The minimum absolute atomic E-state index is 1.19. The molecule has 2 rings (SSSR count). The van der Waals surface area contributed by atoms with Gasteiger partial charge in [-0.25, -0.2) is 9.55 Å². The van der Waals surface area contributed by atoms with Gasteiger partial charge in [-0.1, -0.05) is 6.07 Å². The third kappa shape index (κ3) is 0.909. The van der Waals surface area contributed by atoms with Gasteiger partial charge in [0.05, 0.1) is 7.05 Å². The van der Waals surface area contributed by atoms with E-state index >= 15 is 0 Å². The highest BCUT2D eigenvalue weighted by molar-refractivity contribution is 5.71. The summed E-state index contributed by atoms with van der Waals surface area (Å²) in [6.45, 7) is 2.10. The van der Waals surface area contributed by atoms with Crippen LogP contribution >= 0.6 is 0 Å². The molecule has 1 heterocycles. The molecule has 0 atom stereocenters. The van der Waals surface area contributed by atoms with Gasteiger partial charge in [0.2, 0.25) is 6.33 Å². The second-order valence-electron chi connectivity index (χ2n) is 2.90. The van der Waals surface area contributed by atoms with E-state index < -0.39 is 0 Å². The highest BCUT2D eigenvalue weighted by Crippen LogP contribution is 2.08. The van der Waals surface area contributed by atoms with Crippen LogP contribution in [0.4, 0.5) is 0 Å². The number of fused-ring (bicyclic) bond motifs is 1. The van der Waals surface area contributed by atoms with E-state index in [4.69, 9.17) is 0 Å². The molecule has 1 aromatic carbocycles. The summed E-state index contributed by atoms with van der Waals surface area (Å²) in [5.74, 6) is 0. The first-order chi connectivity index (χ1) is 5.27. The zero-order valence-corrected chi connectivity index (χ0v) is 6.76.